The lowest BCUT2D eigenvalue weighted by Gasteiger charge is -2.48. The van der Waals surface area contributed by atoms with Gasteiger partial charge in [0.2, 0.25) is 0 Å². The minimum atomic E-state index is -1.49. The van der Waals surface area contributed by atoms with Crippen molar-refractivity contribution in [2.24, 2.45) is 0 Å². The van der Waals surface area contributed by atoms with Gasteiger partial charge in [0.25, 0.3) is 0 Å². The molecule has 2 aromatic rings. The molecule has 0 aromatic heterocycles. The Morgan fingerprint density at radius 2 is 1.74 bits per heavy atom. The summed E-state index contributed by atoms with van der Waals surface area (Å²) in [7, 11) is 1.47. The van der Waals surface area contributed by atoms with Crippen LogP contribution in [-0.2, 0) is 21.5 Å². The van der Waals surface area contributed by atoms with E-state index in [0.29, 0.717) is 18.6 Å². The quantitative estimate of drug-likeness (QED) is 0.498. The summed E-state index contributed by atoms with van der Waals surface area (Å²) < 4.78 is 16.8. The predicted octanol–water partition coefficient (Wildman–Crippen LogP) is 1.30. The van der Waals surface area contributed by atoms with Crippen molar-refractivity contribution in [3.63, 3.8) is 0 Å². The first-order chi connectivity index (χ1) is 14.9. The zero-order chi connectivity index (χ0) is 22.6. The van der Waals surface area contributed by atoms with Crippen LogP contribution in [0.25, 0.3) is 0 Å². The summed E-state index contributed by atoms with van der Waals surface area (Å²) in [6.45, 7) is 4.00. The highest BCUT2D eigenvalue weighted by molar-refractivity contribution is 5.40. The first-order valence-electron chi connectivity index (χ1n) is 10.5. The Morgan fingerprint density at radius 3 is 2.35 bits per heavy atom. The van der Waals surface area contributed by atoms with Crippen LogP contribution in [0.2, 0.25) is 0 Å². The van der Waals surface area contributed by atoms with Gasteiger partial charge in [0.05, 0.1) is 19.8 Å². The van der Waals surface area contributed by atoms with Gasteiger partial charge in [-0.15, -0.1) is 0 Å². The maximum absolute atomic E-state index is 10.9. The van der Waals surface area contributed by atoms with Crippen LogP contribution in [0.15, 0.2) is 42.5 Å². The van der Waals surface area contributed by atoms with Crippen LogP contribution in [0.4, 0.5) is 0 Å². The maximum atomic E-state index is 10.9. The van der Waals surface area contributed by atoms with E-state index in [-0.39, 0.29) is 6.61 Å². The molecule has 4 N–H and O–H groups in total. The molecule has 3 rings (SSSR count). The largest absolute Gasteiger partial charge is 0.494 e. The van der Waals surface area contributed by atoms with Crippen molar-refractivity contribution < 1.29 is 34.6 Å². The minimum Gasteiger partial charge on any atom is -0.494 e. The Balaban J connectivity index is 1.96. The van der Waals surface area contributed by atoms with E-state index in [4.69, 9.17) is 14.2 Å². The lowest BCUT2D eigenvalue weighted by Crippen LogP contribution is -2.65. The third-order valence-corrected chi connectivity index (χ3v) is 5.90. The third-order valence-electron chi connectivity index (χ3n) is 5.90. The molecule has 0 aliphatic carbocycles. The number of aliphatic hydroxyl groups excluding tert-OH is 4. The third kappa shape index (κ3) is 4.77. The Bertz CT molecular complexity index is 852. The molecular weight excluding hydrogens is 400 g/mol. The van der Waals surface area contributed by atoms with Crippen molar-refractivity contribution in [1.29, 1.82) is 0 Å². The van der Waals surface area contributed by atoms with E-state index in [1.165, 1.54) is 7.11 Å². The van der Waals surface area contributed by atoms with E-state index in [2.05, 4.69) is 0 Å². The number of methoxy groups -OCH3 is 1. The van der Waals surface area contributed by atoms with Crippen LogP contribution in [0.5, 0.6) is 5.75 Å². The fraction of sp³-hybridized carbons (Fsp3) is 0.500. The molecule has 2 aromatic carbocycles. The van der Waals surface area contributed by atoms with Gasteiger partial charge in [-0.1, -0.05) is 30.3 Å². The minimum absolute atomic E-state index is 0.0556. The maximum Gasteiger partial charge on any atom is 0.145 e. The highest BCUT2D eigenvalue weighted by atomic mass is 16.6. The van der Waals surface area contributed by atoms with Gasteiger partial charge in [0, 0.05) is 7.11 Å². The van der Waals surface area contributed by atoms with E-state index in [1.807, 2.05) is 56.3 Å². The molecule has 31 heavy (non-hydrogen) atoms. The fourth-order valence-electron chi connectivity index (χ4n) is 4.11. The fourth-order valence-corrected chi connectivity index (χ4v) is 4.11. The zero-order valence-corrected chi connectivity index (χ0v) is 18.2. The number of ether oxygens (including phenoxy) is 3. The Kier molecular flexibility index (Phi) is 7.69. The van der Waals surface area contributed by atoms with Crippen LogP contribution < -0.4 is 4.74 Å². The molecule has 7 nitrogen and oxygen atoms in total. The van der Waals surface area contributed by atoms with Gasteiger partial charge >= 0.3 is 0 Å². The molecule has 1 heterocycles. The monoisotopic (exact) mass is 432 g/mol. The molecular formula is C24H32O7. The molecule has 1 fully saturated rings. The summed E-state index contributed by atoms with van der Waals surface area (Å²) in [5.74, 6) is 0.817. The lowest BCUT2D eigenvalue weighted by atomic mass is 9.79. The average molecular weight is 433 g/mol. The number of hydrogen-bond donors (Lipinski definition) is 4. The second-order valence-corrected chi connectivity index (χ2v) is 7.98. The van der Waals surface area contributed by atoms with Gasteiger partial charge < -0.3 is 34.6 Å². The van der Waals surface area contributed by atoms with E-state index < -0.39 is 36.6 Å². The molecule has 0 bridgehead atoms. The Hall–Kier alpha value is -2.00. The standard InChI is InChI=1S/C24H32O7/c1-4-30-19-9-6-16(7-10-19)11-17-12-18(8-5-15(17)2)24(14-29-3)23(28)22(27)21(26)20(13-25)31-24/h5-10,12,20-23,25-28H,4,11,13-14H2,1-3H3/t20-,21+,22-,23+,24-/m0/s1. The van der Waals surface area contributed by atoms with Crippen molar-refractivity contribution in [3.05, 3.63) is 64.7 Å². The normalized spacial score (nSPS) is 28.5. The molecule has 0 radical (unpaired) electrons. The molecule has 1 aliphatic heterocycles. The smallest absolute Gasteiger partial charge is 0.145 e. The number of hydrogen-bond acceptors (Lipinski definition) is 7. The molecule has 0 saturated carbocycles. The first-order valence-corrected chi connectivity index (χ1v) is 10.5. The van der Waals surface area contributed by atoms with Gasteiger partial charge in [-0.3, -0.25) is 0 Å². The summed E-state index contributed by atoms with van der Waals surface area (Å²) >= 11 is 0. The lowest BCUT2D eigenvalue weighted by molar-refractivity contribution is -0.290. The van der Waals surface area contributed by atoms with Crippen LogP contribution in [-0.4, -0.2) is 71.8 Å². The predicted molar refractivity (Wildman–Crippen MR) is 115 cm³/mol. The van der Waals surface area contributed by atoms with Crippen LogP contribution >= 0.6 is 0 Å². The number of aliphatic hydroxyl groups is 4. The number of rotatable bonds is 8. The zero-order valence-electron chi connectivity index (χ0n) is 18.2. The summed E-state index contributed by atoms with van der Waals surface area (Å²) in [6.07, 6.45) is -4.73. The SMILES string of the molecule is CCOc1ccc(Cc2cc([C@]3(COC)O[C@@H](CO)[C@@H](O)[C@H](O)[C@H]3O)ccc2C)cc1. The van der Waals surface area contributed by atoms with Gasteiger partial charge in [0.1, 0.15) is 35.8 Å². The second-order valence-electron chi connectivity index (χ2n) is 7.98. The van der Waals surface area contributed by atoms with E-state index in [1.54, 1.807) is 0 Å². The van der Waals surface area contributed by atoms with Gasteiger partial charge in [-0.25, -0.2) is 0 Å². The Morgan fingerprint density at radius 1 is 1.03 bits per heavy atom. The highest BCUT2D eigenvalue weighted by Crippen LogP contribution is 2.39. The summed E-state index contributed by atoms with van der Waals surface area (Å²) in [5.41, 5.74) is 2.36. The van der Waals surface area contributed by atoms with Crippen LogP contribution in [0, 0.1) is 6.92 Å². The first kappa shape index (κ1) is 23.7. The molecule has 7 heteroatoms. The van der Waals surface area contributed by atoms with Crippen molar-refractivity contribution >= 4 is 0 Å². The van der Waals surface area contributed by atoms with E-state index in [9.17, 15) is 20.4 Å². The van der Waals surface area contributed by atoms with Gasteiger partial charge in [-0.05, 0) is 54.7 Å². The molecule has 170 valence electrons. The van der Waals surface area contributed by atoms with Crippen molar-refractivity contribution in [3.8, 4) is 5.75 Å². The summed E-state index contributed by atoms with van der Waals surface area (Å²) in [5, 5.41) is 41.1. The second kappa shape index (κ2) is 10.1. The molecule has 1 aliphatic rings. The Labute approximate surface area is 182 Å². The van der Waals surface area contributed by atoms with E-state index >= 15 is 0 Å². The van der Waals surface area contributed by atoms with Crippen molar-refractivity contribution in [2.75, 3.05) is 26.9 Å². The van der Waals surface area contributed by atoms with Gasteiger partial charge in [-0.2, -0.15) is 0 Å². The number of aryl methyl sites for hydroxylation is 1. The van der Waals surface area contributed by atoms with Gasteiger partial charge in [0.15, 0.2) is 0 Å². The molecule has 1 saturated heterocycles. The molecule has 0 amide bonds. The summed E-state index contributed by atoms with van der Waals surface area (Å²) in [4.78, 5) is 0. The summed E-state index contributed by atoms with van der Waals surface area (Å²) in [6, 6.07) is 13.6. The van der Waals surface area contributed by atoms with Crippen LogP contribution in [0.3, 0.4) is 0 Å². The van der Waals surface area contributed by atoms with E-state index in [0.717, 1.165) is 22.4 Å². The highest BCUT2D eigenvalue weighted by Gasteiger charge is 2.54. The molecule has 0 unspecified atom stereocenters. The molecule has 5 atom stereocenters. The molecule has 0 spiro atoms. The average Bonchev–Trinajstić information content (AvgIpc) is 2.77. The number of benzene rings is 2. The topological polar surface area (TPSA) is 109 Å². The van der Waals surface area contributed by atoms with Crippen molar-refractivity contribution in [2.45, 2.75) is 50.3 Å². The van der Waals surface area contributed by atoms with Crippen LogP contribution in [0.1, 0.15) is 29.2 Å². The van der Waals surface area contributed by atoms with Crippen molar-refractivity contribution in [1.82, 2.24) is 0 Å².